The van der Waals surface area contributed by atoms with E-state index in [1.165, 1.54) is 24.0 Å². The summed E-state index contributed by atoms with van der Waals surface area (Å²) in [6, 6.07) is 4.31. The van der Waals surface area contributed by atoms with Crippen LogP contribution in [0.3, 0.4) is 0 Å². The van der Waals surface area contributed by atoms with Gasteiger partial charge in [-0.25, -0.2) is 9.37 Å². The minimum Gasteiger partial charge on any atom is -0.493 e. The summed E-state index contributed by atoms with van der Waals surface area (Å²) < 4.78 is 81.6. The topological polar surface area (TPSA) is 143 Å². The van der Waals surface area contributed by atoms with Gasteiger partial charge in [0.25, 0.3) is 5.91 Å². The molecule has 0 aliphatic carbocycles. The molecule has 0 unspecified atom stereocenters. The first-order valence-corrected chi connectivity index (χ1v) is 12.4. The molecule has 1 aromatic carbocycles. The number of nitrogens with zero attached hydrogens (tertiary/aromatic N) is 2. The van der Waals surface area contributed by atoms with Crippen LogP contribution in [0.15, 0.2) is 24.3 Å². The van der Waals surface area contributed by atoms with Crippen molar-refractivity contribution in [2.45, 2.75) is 44.1 Å². The Morgan fingerprint density at radius 1 is 1.22 bits per heavy atom. The van der Waals surface area contributed by atoms with Crippen molar-refractivity contribution in [2.75, 3.05) is 38.4 Å². The monoisotopic (exact) mass is 586 g/mol. The Bertz CT molecular complexity index is 1340. The minimum atomic E-state index is -4.93. The lowest BCUT2D eigenvalue weighted by Gasteiger charge is -2.32. The molecule has 0 radical (unpaired) electrons. The largest absolute Gasteiger partial charge is 0.493 e. The van der Waals surface area contributed by atoms with Gasteiger partial charge >= 0.3 is 6.18 Å². The van der Waals surface area contributed by atoms with Crippen LogP contribution in [-0.4, -0.2) is 73.2 Å². The van der Waals surface area contributed by atoms with Crippen LogP contribution in [0, 0.1) is 23.0 Å². The Balaban J connectivity index is 2.08. The zero-order chi connectivity index (χ0) is 30.9. The highest BCUT2D eigenvalue weighted by Crippen LogP contribution is 2.55. The highest BCUT2D eigenvalue weighted by molar-refractivity contribution is 6.00. The molecular weight excluding hydrogens is 555 g/mol. The van der Waals surface area contributed by atoms with E-state index in [9.17, 15) is 31.5 Å². The molecular formula is C26H31F5N6O4. The number of ether oxygens (including phenoxy) is 2. The van der Waals surface area contributed by atoms with Crippen molar-refractivity contribution in [1.29, 1.82) is 5.41 Å². The summed E-state index contributed by atoms with van der Waals surface area (Å²) in [7, 11) is 4.15. The molecule has 224 valence electrons. The summed E-state index contributed by atoms with van der Waals surface area (Å²) in [6.07, 6.45) is -6.81. The predicted octanol–water partition coefficient (Wildman–Crippen LogP) is 3.62. The third kappa shape index (κ3) is 6.25. The molecule has 1 aromatic heterocycles. The fraction of sp³-hybridized carbons (Fsp3) is 0.462. The number of nitrogens with one attached hydrogen (secondary N) is 3. The fourth-order valence-electron chi connectivity index (χ4n) is 4.61. The Morgan fingerprint density at radius 2 is 1.88 bits per heavy atom. The SMILES string of the molecule is COc1c([C@H]2[C@H](C(=O)Nc3cc(NC(=O)CCN)nc(C(=N)N(C)C)c3)O[C@@](C)(C(F)(F)F)[C@H]2C)ccc(F)c1F. The third-order valence-electron chi connectivity index (χ3n) is 6.99. The van der Waals surface area contributed by atoms with Crippen LogP contribution in [0.5, 0.6) is 5.75 Å². The normalized spacial score (nSPS) is 22.3. The van der Waals surface area contributed by atoms with E-state index in [0.717, 1.165) is 26.2 Å². The van der Waals surface area contributed by atoms with Gasteiger partial charge in [0, 0.05) is 56.2 Å². The summed E-state index contributed by atoms with van der Waals surface area (Å²) in [4.78, 5) is 31.3. The molecule has 1 aliphatic heterocycles. The van der Waals surface area contributed by atoms with Gasteiger partial charge in [-0.1, -0.05) is 13.0 Å². The maximum atomic E-state index is 14.6. The van der Waals surface area contributed by atoms with E-state index >= 15 is 0 Å². The van der Waals surface area contributed by atoms with Gasteiger partial charge in [-0.3, -0.25) is 15.0 Å². The molecule has 0 spiro atoms. The Hall–Kier alpha value is -3.85. The molecule has 3 rings (SSSR count). The van der Waals surface area contributed by atoms with Crippen LogP contribution < -0.4 is 21.1 Å². The van der Waals surface area contributed by atoms with Gasteiger partial charge in [-0.15, -0.1) is 0 Å². The molecule has 2 amide bonds. The van der Waals surface area contributed by atoms with E-state index in [2.05, 4.69) is 15.6 Å². The number of methoxy groups -OCH3 is 1. The van der Waals surface area contributed by atoms with E-state index in [-0.39, 0.29) is 41.6 Å². The first-order valence-electron chi connectivity index (χ1n) is 12.4. The highest BCUT2D eigenvalue weighted by atomic mass is 19.4. The number of halogens is 5. The van der Waals surface area contributed by atoms with E-state index < -0.39 is 58.9 Å². The third-order valence-corrected chi connectivity index (χ3v) is 6.99. The average molecular weight is 587 g/mol. The lowest BCUT2D eigenvalue weighted by atomic mass is 9.77. The van der Waals surface area contributed by atoms with Crippen LogP contribution in [0.2, 0.25) is 0 Å². The second kappa shape index (κ2) is 11.9. The van der Waals surface area contributed by atoms with Crippen molar-refractivity contribution in [3.05, 3.63) is 47.2 Å². The standard InChI is InChI=1S/C26H31F5N6O4/c1-12-19(14-6-7-15(27)20(28)21(14)40-5)22(41-25(12,2)26(29,30)31)24(39)34-13-10-16(23(33)37(3)4)35-17(11-13)36-18(38)8-9-32/h6-7,10-12,19,22,33H,8-9,32H2,1-5H3,(H2,34,35,36,38,39)/t12-,19-,22+,25+/m0/s1. The molecule has 41 heavy (non-hydrogen) atoms. The van der Waals surface area contributed by atoms with Gasteiger partial charge in [-0.05, 0) is 19.1 Å². The van der Waals surface area contributed by atoms with Gasteiger partial charge < -0.3 is 30.7 Å². The van der Waals surface area contributed by atoms with Crippen LogP contribution in [-0.2, 0) is 14.3 Å². The lowest BCUT2D eigenvalue weighted by molar-refractivity contribution is -0.272. The lowest BCUT2D eigenvalue weighted by Crippen LogP contribution is -2.47. The van der Waals surface area contributed by atoms with Gasteiger partial charge in [0.05, 0.1) is 7.11 Å². The molecule has 0 saturated carbocycles. The van der Waals surface area contributed by atoms with Crippen LogP contribution in [0.25, 0.3) is 0 Å². The summed E-state index contributed by atoms with van der Waals surface area (Å²) in [5.41, 5.74) is 2.37. The van der Waals surface area contributed by atoms with Gasteiger partial charge in [0.2, 0.25) is 11.7 Å². The first kappa shape index (κ1) is 31.7. The number of aromatic nitrogens is 1. The van der Waals surface area contributed by atoms with Crippen molar-refractivity contribution in [3.8, 4) is 5.75 Å². The van der Waals surface area contributed by atoms with Gasteiger partial charge in [-0.2, -0.15) is 17.6 Å². The van der Waals surface area contributed by atoms with Crippen LogP contribution in [0.4, 0.5) is 33.5 Å². The average Bonchev–Trinajstić information content (AvgIpc) is 3.16. The summed E-state index contributed by atoms with van der Waals surface area (Å²) >= 11 is 0. The van der Waals surface area contributed by atoms with E-state index in [0.29, 0.717) is 0 Å². The van der Waals surface area contributed by atoms with Crippen LogP contribution in [0.1, 0.15) is 37.4 Å². The van der Waals surface area contributed by atoms with Crippen molar-refractivity contribution in [1.82, 2.24) is 9.88 Å². The molecule has 15 heteroatoms. The second-order valence-corrected chi connectivity index (χ2v) is 9.89. The number of benzene rings is 1. The van der Waals surface area contributed by atoms with E-state index in [1.807, 2.05) is 0 Å². The van der Waals surface area contributed by atoms with Crippen molar-refractivity contribution >= 4 is 29.2 Å². The molecule has 5 N–H and O–H groups in total. The predicted molar refractivity (Wildman–Crippen MR) is 140 cm³/mol. The Kier molecular flexibility index (Phi) is 9.23. The molecule has 10 nitrogen and oxygen atoms in total. The molecule has 1 aliphatic rings. The number of anilines is 2. The number of nitrogens with two attached hydrogens (primary N) is 1. The number of pyridine rings is 1. The molecule has 1 fully saturated rings. The summed E-state index contributed by atoms with van der Waals surface area (Å²) in [5.74, 6) is -7.92. The smallest absolute Gasteiger partial charge is 0.417 e. The molecule has 2 heterocycles. The number of amides is 2. The number of carbonyl (C=O) groups excluding carboxylic acids is 2. The minimum absolute atomic E-state index is 0.0236. The van der Waals surface area contributed by atoms with Crippen LogP contribution >= 0.6 is 0 Å². The molecule has 2 aromatic rings. The Morgan fingerprint density at radius 3 is 2.44 bits per heavy atom. The first-order chi connectivity index (χ1) is 19.0. The quantitative estimate of drug-likeness (QED) is 0.210. The second-order valence-electron chi connectivity index (χ2n) is 9.89. The molecule has 0 bridgehead atoms. The van der Waals surface area contributed by atoms with Crippen molar-refractivity contribution < 1.29 is 41.0 Å². The fourth-order valence-corrected chi connectivity index (χ4v) is 4.61. The number of hydrogen-bond acceptors (Lipinski definition) is 7. The highest BCUT2D eigenvalue weighted by Gasteiger charge is 2.66. The molecule has 4 atom stereocenters. The van der Waals surface area contributed by atoms with Crippen molar-refractivity contribution in [3.63, 3.8) is 0 Å². The number of rotatable bonds is 8. The number of carbonyl (C=O) groups is 2. The summed E-state index contributed by atoms with van der Waals surface area (Å²) in [5, 5.41) is 13.2. The zero-order valence-electron chi connectivity index (χ0n) is 23.0. The number of alkyl halides is 3. The van der Waals surface area contributed by atoms with E-state index in [4.69, 9.17) is 20.6 Å². The number of hydrogen-bond donors (Lipinski definition) is 4. The van der Waals surface area contributed by atoms with Gasteiger partial charge in [0.15, 0.2) is 17.2 Å². The number of amidine groups is 1. The maximum Gasteiger partial charge on any atom is 0.417 e. The zero-order valence-corrected chi connectivity index (χ0v) is 23.0. The Labute approximate surface area is 232 Å². The summed E-state index contributed by atoms with van der Waals surface area (Å²) in [6.45, 7) is 2.02. The van der Waals surface area contributed by atoms with Gasteiger partial charge in [0.1, 0.15) is 23.5 Å². The van der Waals surface area contributed by atoms with E-state index in [1.54, 1.807) is 14.1 Å². The maximum absolute atomic E-state index is 14.6. The molecule has 1 saturated heterocycles. The van der Waals surface area contributed by atoms with Crippen molar-refractivity contribution in [2.24, 2.45) is 11.7 Å².